The Morgan fingerprint density at radius 1 is 1.11 bits per heavy atom. The van der Waals surface area contributed by atoms with Crippen LogP contribution >= 0.6 is 0 Å². The Kier molecular flexibility index (Phi) is 5.26. The number of allylic oxidation sites excluding steroid dienone is 1. The van der Waals surface area contributed by atoms with Gasteiger partial charge in [-0.2, -0.15) is 0 Å². The smallest absolute Gasteiger partial charge is 0.252 e. The van der Waals surface area contributed by atoms with Gasteiger partial charge in [0.05, 0.1) is 16.8 Å². The van der Waals surface area contributed by atoms with E-state index in [0.29, 0.717) is 18.7 Å². The van der Waals surface area contributed by atoms with E-state index in [1.54, 1.807) is 0 Å². The fraction of sp³-hybridized carbons (Fsp3) is 0.174. The van der Waals surface area contributed by atoms with Crippen LogP contribution in [0.1, 0.15) is 39.6 Å². The SMILES string of the molecule is NCc1ccc(CNC(=O)c2cc(C3C=CCC=N3)nc3ccccc23)cc1. The lowest BCUT2D eigenvalue weighted by atomic mass is 10.0. The summed E-state index contributed by atoms with van der Waals surface area (Å²) in [5.41, 5.74) is 9.94. The second-order valence-corrected chi connectivity index (χ2v) is 6.76. The van der Waals surface area contributed by atoms with E-state index in [9.17, 15) is 4.79 Å². The van der Waals surface area contributed by atoms with E-state index < -0.39 is 0 Å². The number of hydrogen-bond acceptors (Lipinski definition) is 4. The van der Waals surface area contributed by atoms with E-state index in [4.69, 9.17) is 10.7 Å². The molecule has 0 saturated carbocycles. The molecule has 0 bridgehead atoms. The van der Waals surface area contributed by atoms with Crippen molar-refractivity contribution in [3.05, 3.63) is 89.1 Å². The topological polar surface area (TPSA) is 80.4 Å². The Labute approximate surface area is 164 Å². The maximum Gasteiger partial charge on any atom is 0.252 e. The van der Waals surface area contributed by atoms with Crippen molar-refractivity contribution in [2.24, 2.45) is 10.7 Å². The van der Waals surface area contributed by atoms with Gasteiger partial charge in [-0.05, 0) is 23.3 Å². The largest absolute Gasteiger partial charge is 0.348 e. The van der Waals surface area contributed by atoms with Crippen molar-refractivity contribution >= 4 is 23.0 Å². The molecule has 140 valence electrons. The zero-order chi connectivity index (χ0) is 19.3. The number of para-hydroxylation sites is 1. The maximum atomic E-state index is 13.0. The maximum absolute atomic E-state index is 13.0. The summed E-state index contributed by atoms with van der Waals surface area (Å²) < 4.78 is 0. The number of hydrogen-bond donors (Lipinski definition) is 2. The number of pyridine rings is 1. The first-order valence-corrected chi connectivity index (χ1v) is 9.38. The predicted molar refractivity (Wildman–Crippen MR) is 112 cm³/mol. The van der Waals surface area contributed by atoms with Crippen molar-refractivity contribution in [2.75, 3.05) is 0 Å². The fourth-order valence-electron chi connectivity index (χ4n) is 3.27. The van der Waals surface area contributed by atoms with Gasteiger partial charge in [0.25, 0.3) is 5.91 Å². The van der Waals surface area contributed by atoms with Crippen molar-refractivity contribution in [1.29, 1.82) is 0 Å². The van der Waals surface area contributed by atoms with Gasteiger partial charge < -0.3 is 11.1 Å². The second kappa shape index (κ2) is 8.15. The highest BCUT2D eigenvalue weighted by Gasteiger charge is 2.17. The standard InChI is InChI=1S/C23H22N4O/c24-14-16-8-10-17(11-9-16)15-26-23(28)19-13-22(21-7-3-4-12-25-21)27-20-6-2-1-5-18(19)20/h1-3,5-13,21H,4,14-15,24H2,(H,26,28). The fourth-order valence-corrected chi connectivity index (χ4v) is 3.27. The third-order valence-corrected chi connectivity index (χ3v) is 4.82. The molecule has 1 amide bonds. The normalized spacial score (nSPS) is 15.7. The molecule has 2 aromatic carbocycles. The Morgan fingerprint density at radius 2 is 1.89 bits per heavy atom. The number of benzene rings is 2. The molecule has 4 rings (SSSR count). The number of carbonyl (C=O) groups excluding carboxylic acids is 1. The third-order valence-electron chi connectivity index (χ3n) is 4.82. The molecule has 1 aliphatic heterocycles. The molecule has 5 heteroatoms. The summed E-state index contributed by atoms with van der Waals surface area (Å²) in [6.07, 6.45) is 6.81. The molecule has 1 aliphatic rings. The van der Waals surface area contributed by atoms with Gasteiger partial charge >= 0.3 is 0 Å². The van der Waals surface area contributed by atoms with Crippen LogP contribution in [-0.4, -0.2) is 17.1 Å². The van der Waals surface area contributed by atoms with Crippen molar-refractivity contribution in [3.8, 4) is 0 Å². The Hall–Kier alpha value is -3.31. The molecule has 0 aliphatic carbocycles. The van der Waals surface area contributed by atoms with Crippen LogP contribution in [0.5, 0.6) is 0 Å². The van der Waals surface area contributed by atoms with E-state index in [1.165, 1.54) is 0 Å². The number of aromatic nitrogens is 1. The van der Waals surface area contributed by atoms with E-state index in [0.717, 1.165) is 34.1 Å². The van der Waals surface area contributed by atoms with Gasteiger partial charge in [-0.1, -0.05) is 54.6 Å². The van der Waals surface area contributed by atoms with E-state index in [2.05, 4.69) is 16.4 Å². The highest BCUT2D eigenvalue weighted by Crippen LogP contribution is 2.25. The van der Waals surface area contributed by atoms with Crippen LogP contribution in [0.2, 0.25) is 0 Å². The number of carbonyl (C=O) groups is 1. The van der Waals surface area contributed by atoms with Gasteiger partial charge in [0, 0.05) is 31.1 Å². The number of rotatable bonds is 5. The first-order chi connectivity index (χ1) is 13.7. The molecule has 5 nitrogen and oxygen atoms in total. The molecular weight excluding hydrogens is 348 g/mol. The van der Waals surface area contributed by atoms with Crippen molar-refractivity contribution < 1.29 is 4.79 Å². The summed E-state index contributed by atoms with van der Waals surface area (Å²) in [4.78, 5) is 22.2. The van der Waals surface area contributed by atoms with Gasteiger partial charge in [0.1, 0.15) is 6.04 Å². The van der Waals surface area contributed by atoms with Crippen LogP contribution < -0.4 is 11.1 Å². The summed E-state index contributed by atoms with van der Waals surface area (Å²) in [6.45, 7) is 0.966. The highest BCUT2D eigenvalue weighted by atomic mass is 16.1. The number of nitrogens with two attached hydrogens (primary N) is 1. The minimum atomic E-state index is -0.145. The molecule has 0 fully saturated rings. The van der Waals surface area contributed by atoms with Crippen molar-refractivity contribution in [1.82, 2.24) is 10.3 Å². The summed E-state index contributed by atoms with van der Waals surface area (Å²) in [6, 6.07) is 17.4. The number of nitrogens with zero attached hydrogens (tertiary/aromatic N) is 2. The van der Waals surface area contributed by atoms with Crippen LogP contribution in [0.4, 0.5) is 0 Å². The molecule has 1 aromatic heterocycles. The monoisotopic (exact) mass is 370 g/mol. The first kappa shape index (κ1) is 18.1. The molecule has 28 heavy (non-hydrogen) atoms. The van der Waals surface area contributed by atoms with Crippen LogP contribution in [0.25, 0.3) is 10.9 Å². The number of aliphatic imine (C=N–C) groups is 1. The average Bonchev–Trinajstić information content (AvgIpc) is 2.77. The van der Waals surface area contributed by atoms with Crippen molar-refractivity contribution in [2.45, 2.75) is 25.6 Å². The lowest BCUT2D eigenvalue weighted by Gasteiger charge is -2.14. The molecule has 3 N–H and O–H groups in total. The summed E-state index contributed by atoms with van der Waals surface area (Å²) in [7, 11) is 0. The first-order valence-electron chi connectivity index (χ1n) is 9.38. The zero-order valence-corrected chi connectivity index (χ0v) is 15.5. The second-order valence-electron chi connectivity index (χ2n) is 6.76. The predicted octanol–water partition coefficient (Wildman–Crippen LogP) is 3.70. The van der Waals surface area contributed by atoms with Crippen molar-refractivity contribution in [3.63, 3.8) is 0 Å². The van der Waals surface area contributed by atoms with E-state index in [-0.39, 0.29) is 11.9 Å². The van der Waals surface area contributed by atoms with Gasteiger partial charge in [-0.15, -0.1) is 0 Å². The van der Waals surface area contributed by atoms with Gasteiger partial charge in [-0.3, -0.25) is 14.8 Å². The van der Waals surface area contributed by atoms with Crippen LogP contribution in [-0.2, 0) is 13.1 Å². The summed E-state index contributed by atoms with van der Waals surface area (Å²) in [5, 5.41) is 3.86. The average molecular weight is 370 g/mol. The summed E-state index contributed by atoms with van der Waals surface area (Å²) >= 11 is 0. The van der Waals surface area contributed by atoms with Gasteiger partial charge in [-0.25, -0.2) is 0 Å². The quantitative estimate of drug-likeness (QED) is 0.672. The molecule has 0 spiro atoms. The minimum Gasteiger partial charge on any atom is -0.348 e. The van der Waals surface area contributed by atoms with Crippen LogP contribution in [0.3, 0.4) is 0 Å². The van der Waals surface area contributed by atoms with Crippen LogP contribution in [0, 0.1) is 0 Å². The van der Waals surface area contributed by atoms with Crippen LogP contribution in [0.15, 0.2) is 71.7 Å². The zero-order valence-electron chi connectivity index (χ0n) is 15.5. The molecule has 2 heterocycles. The highest BCUT2D eigenvalue weighted by molar-refractivity contribution is 6.06. The molecule has 0 saturated heterocycles. The third kappa shape index (κ3) is 3.85. The summed E-state index contributed by atoms with van der Waals surface area (Å²) in [5.74, 6) is -0.119. The Bertz CT molecular complexity index is 1040. The molecule has 0 radical (unpaired) electrons. The Morgan fingerprint density at radius 3 is 2.64 bits per heavy atom. The Balaban J connectivity index is 1.62. The van der Waals surface area contributed by atoms with Gasteiger partial charge in [0.2, 0.25) is 0 Å². The van der Waals surface area contributed by atoms with E-state index in [1.807, 2.05) is 66.9 Å². The lowest BCUT2D eigenvalue weighted by molar-refractivity contribution is 0.0952. The minimum absolute atomic E-state index is 0.119. The molecule has 1 atom stereocenters. The number of amides is 1. The molecule has 3 aromatic rings. The molecule has 1 unspecified atom stereocenters. The number of nitrogens with one attached hydrogen (secondary N) is 1. The molecular formula is C23H22N4O. The number of fused-ring (bicyclic) bond motifs is 1. The number of dihydropyridines is 1. The van der Waals surface area contributed by atoms with E-state index >= 15 is 0 Å². The lowest BCUT2D eigenvalue weighted by Crippen LogP contribution is -2.23. The van der Waals surface area contributed by atoms with Gasteiger partial charge in [0.15, 0.2) is 0 Å².